The van der Waals surface area contributed by atoms with Crippen LogP contribution in [0, 0.1) is 11.6 Å². The van der Waals surface area contributed by atoms with Crippen LogP contribution in [0.1, 0.15) is 17.2 Å². The van der Waals surface area contributed by atoms with Crippen molar-refractivity contribution < 1.29 is 18.3 Å². The van der Waals surface area contributed by atoms with Crippen molar-refractivity contribution >= 4 is 17.4 Å². The molecule has 1 aliphatic rings. The maximum atomic E-state index is 13.3. The molecule has 0 radical (unpaired) electrons. The molecule has 0 saturated carbocycles. The van der Waals surface area contributed by atoms with Gasteiger partial charge in [0, 0.05) is 13.1 Å². The summed E-state index contributed by atoms with van der Waals surface area (Å²) in [6.45, 7) is 1.60. The van der Waals surface area contributed by atoms with Crippen LogP contribution in [0.3, 0.4) is 0 Å². The van der Waals surface area contributed by atoms with Gasteiger partial charge >= 0.3 is 6.03 Å². The Hall–Kier alpha value is -1.99. The largest absolute Gasteiger partial charge is 0.370 e. The van der Waals surface area contributed by atoms with E-state index in [1.165, 1.54) is 6.07 Å². The summed E-state index contributed by atoms with van der Waals surface area (Å²) in [4.78, 5) is 13.8. The highest BCUT2D eigenvalue weighted by Crippen LogP contribution is 2.23. The number of amides is 2. The number of carbonyl (C=O) groups is 1. The molecule has 1 aromatic heterocycles. The van der Waals surface area contributed by atoms with Gasteiger partial charge in [-0.1, -0.05) is 6.07 Å². The van der Waals surface area contributed by atoms with E-state index in [4.69, 9.17) is 4.74 Å². The van der Waals surface area contributed by atoms with E-state index in [2.05, 4.69) is 5.32 Å². The number of nitrogens with zero attached hydrogens (tertiary/aromatic N) is 1. The van der Waals surface area contributed by atoms with Crippen LogP contribution in [0.5, 0.6) is 0 Å². The van der Waals surface area contributed by atoms with Crippen LogP contribution in [-0.4, -0.2) is 30.6 Å². The molecule has 1 aromatic carbocycles. The Morgan fingerprint density at radius 1 is 1.35 bits per heavy atom. The van der Waals surface area contributed by atoms with Crippen LogP contribution >= 0.6 is 11.3 Å². The van der Waals surface area contributed by atoms with Crippen molar-refractivity contribution in [1.82, 2.24) is 10.2 Å². The predicted molar refractivity (Wildman–Crippen MR) is 83.2 cm³/mol. The van der Waals surface area contributed by atoms with Crippen LogP contribution in [0.15, 0.2) is 35.0 Å². The third-order valence-corrected chi connectivity index (χ3v) is 4.42. The smallest absolute Gasteiger partial charge is 0.317 e. The second-order valence-corrected chi connectivity index (χ2v) is 6.05. The average Bonchev–Trinajstić information content (AvgIpc) is 3.09. The molecule has 2 aromatic rings. The van der Waals surface area contributed by atoms with Gasteiger partial charge in [0.15, 0.2) is 11.6 Å². The Morgan fingerprint density at radius 3 is 2.96 bits per heavy atom. The molecular weight excluding hydrogens is 322 g/mol. The second kappa shape index (κ2) is 7.06. The number of rotatable bonds is 3. The number of halogens is 2. The average molecular weight is 338 g/mol. The SMILES string of the molecule is O=C(NCc1ccsc1)N1CCO[C@@H](c2ccc(F)c(F)c2)C1. The predicted octanol–water partition coefficient (Wildman–Crippen LogP) is 3.31. The molecule has 2 heterocycles. The Bertz CT molecular complexity index is 679. The molecule has 1 atom stereocenters. The third kappa shape index (κ3) is 3.86. The Balaban J connectivity index is 1.60. The number of thiophene rings is 1. The van der Waals surface area contributed by atoms with Gasteiger partial charge in [-0.05, 0) is 40.1 Å². The number of benzene rings is 1. The maximum Gasteiger partial charge on any atom is 0.317 e. The molecule has 1 saturated heterocycles. The summed E-state index contributed by atoms with van der Waals surface area (Å²) in [5.41, 5.74) is 1.58. The number of carbonyl (C=O) groups excluding carboxylic acids is 1. The van der Waals surface area contributed by atoms with E-state index in [1.807, 2.05) is 16.8 Å². The second-order valence-electron chi connectivity index (χ2n) is 5.27. The highest BCUT2D eigenvalue weighted by atomic mass is 32.1. The van der Waals surface area contributed by atoms with Gasteiger partial charge in [0.1, 0.15) is 6.10 Å². The fourth-order valence-electron chi connectivity index (χ4n) is 2.43. The number of hydrogen-bond acceptors (Lipinski definition) is 3. The van der Waals surface area contributed by atoms with Gasteiger partial charge < -0.3 is 15.0 Å². The first kappa shape index (κ1) is 15.9. The summed E-state index contributed by atoms with van der Waals surface area (Å²) >= 11 is 1.58. The van der Waals surface area contributed by atoms with Crippen LogP contribution in [0.2, 0.25) is 0 Å². The standard InChI is InChI=1S/C16H16F2N2O2S/c17-13-2-1-12(7-14(13)18)15-9-20(4-5-22-15)16(21)19-8-11-3-6-23-10-11/h1-3,6-7,10,15H,4-5,8-9H2,(H,19,21)/t15-/m1/s1. The van der Waals surface area contributed by atoms with Gasteiger partial charge in [0.25, 0.3) is 0 Å². The fraction of sp³-hybridized carbons (Fsp3) is 0.312. The lowest BCUT2D eigenvalue weighted by Gasteiger charge is -2.33. The Morgan fingerprint density at radius 2 is 2.22 bits per heavy atom. The first-order valence-corrected chi connectivity index (χ1v) is 8.18. The van der Waals surface area contributed by atoms with E-state index in [0.717, 1.165) is 17.7 Å². The molecule has 122 valence electrons. The van der Waals surface area contributed by atoms with Crippen molar-refractivity contribution in [2.75, 3.05) is 19.7 Å². The zero-order chi connectivity index (χ0) is 16.2. The Labute approximate surface area is 136 Å². The van der Waals surface area contributed by atoms with Gasteiger partial charge in [0.05, 0.1) is 13.2 Å². The molecule has 2 amide bonds. The van der Waals surface area contributed by atoms with Gasteiger partial charge in [-0.2, -0.15) is 11.3 Å². The van der Waals surface area contributed by atoms with Crippen molar-refractivity contribution in [1.29, 1.82) is 0 Å². The summed E-state index contributed by atoms with van der Waals surface area (Å²) in [7, 11) is 0. The van der Waals surface area contributed by atoms with Gasteiger partial charge in [-0.3, -0.25) is 0 Å². The molecule has 7 heteroatoms. The fourth-order valence-corrected chi connectivity index (χ4v) is 3.10. The minimum atomic E-state index is -0.912. The van der Waals surface area contributed by atoms with E-state index < -0.39 is 17.7 Å². The number of morpholine rings is 1. The first-order valence-electron chi connectivity index (χ1n) is 7.24. The van der Waals surface area contributed by atoms with Crippen molar-refractivity contribution in [3.05, 3.63) is 57.8 Å². The molecule has 23 heavy (non-hydrogen) atoms. The van der Waals surface area contributed by atoms with Crippen LogP contribution in [-0.2, 0) is 11.3 Å². The molecule has 1 N–H and O–H groups in total. The van der Waals surface area contributed by atoms with Gasteiger partial charge in [-0.15, -0.1) is 0 Å². The monoisotopic (exact) mass is 338 g/mol. The molecule has 1 aliphatic heterocycles. The molecule has 0 aliphatic carbocycles. The molecule has 3 rings (SSSR count). The van der Waals surface area contributed by atoms with Crippen LogP contribution < -0.4 is 5.32 Å². The molecule has 0 spiro atoms. The highest BCUT2D eigenvalue weighted by molar-refractivity contribution is 7.07. The quantitative estimate of drug-likeness (QED) is 0.933. The van der Waals surface area contributed by atoms with Gasteiger partial charge in [0.2, 0.25) is 0 Å². The normalized spacial score (nSPS) is 18.0. The third-order valence-electron chi connectivity index (χ3n) is 3.69. The minimum Gasteiger partial charge on any atom is -0.370 e. The van der Waals surface area contributed by atoms with Crippen LogP contribution in [0.4, 0.5) is 13.6 Å². The Kier molecular flexibility index (Phi) is 4.88. The van der Waals surface area contributed by atoms with Crippen molar-refractivity contribution in [2.24, 2.45) is 0 Å². The molecule has 0 unspecified atom stereocenters. The zero-order valence-corrected chi connectivity index (χ0v) is 13.1. The lowest BCUT2D eigenvalue weighted by Crippen LogP contribution is -2.46. The van der Waals surface area contributed by atoms with E-state index >= 15 is 0 Å². The van der Waals surface area contributed by atoms with Crippen molar-refractivity contribution in [3.63, 3.8) is 0 Å². The number of hydrogen-bond donors (Lipinski definition) is 1. The zero-order valence-electron chi connectivity index (χ0n) is 12.3. The number of nitrogens with one attached hydrogen (secondary N) is 1. The topological polar surface area (TPSA) is 41.6 Å². The molecular formula is C16H16F2N2O2S. The highest BCUT2D eigenvalue weighted by Gasteiger charge is 2.26. The summed E-state index contributed by atoms with van der Waals surface area (Å²) in [6.07, 6.45) is -0.453. The lowest BCUT2D eigenvalue weighted by molar-refractivity contribution is -0.0156. The molecule has 1 fully saturated rings. The van der Waals surface area contributed by atoms with Crippen molar-refractivity contribution in [2.45, 2.75) is 12.6 Å². The summed E-state index contributed by atoms with van der Waals surface area (Å²) in [5, 5.41) is 6.78. The molecule has 0 bridgehead atoms. The van der Waals surface area contributed by atoms with E-state index in [-0.39, 0.29) is 6.03 Å². The van der Waals surface area contributed by atoms with E-state index in [0.29, 0.717) is 31.8 Å². The number of urea groups is 1. The maximum absolute atomic E-state index is 13.3. The van der Waals surface area contributed by atoms with E-state index in [9.17, 15) is 13.6 Å². The number of ether oxygens (including phenoxy) is 1. The minimum absolute atomic E-state index is 0.188. The van der Waals surface area contributed by atoms with E-state index in [1.54, 1.807) is 16.2 Å². The summed E-state index contributed by atoms with van der Waals surface area (Å²) in [5.74, 6) is -1.81. The first-order chi connectivity index (χ1) is 11.1. The van der Waals surface area contributed by atoms with Crippen molar-refractivity contribution in [3.8, 4) is 0 Å². The summed E-state index contributed by atoms with van der Waals surface area (Å²) < 4.78 is 31.9. The lowest BCUT2D eigenvalue weighted by atomic mass is 10.1. The van der Waals surface area contributed by atoms with Gasteiger partial charge in [-0.25, -0.2) is 13.6 Å². The van der Waals surface area contributed by atoms with Crippen LogP contribution in [0.25, 0.3) is 0 Å². The summed E-state index contributed by atoms with van der Waals surface area (Å²) in [6, 6.07) is 5.44. The molecule has 4 nitrogen and oxygen atoms in total.